The van der Waals surface area contributed by atoms with Crippen LogP contribution in [0.15, 0.2) is 36.4 Å². The molecule has 3 heteroatoms. The molecule has 68 valence electrons. The fraction of sp³-hybridized carbons (Fsp3) is 0.0909. The van der Waals surface area contributed by atoms with Crippen LogP contribution in [0.3, 0.4) is 0 Å². The highest BCUT2D eigenvalue weighted by atomic mass is 16.5. The Labute approximate surface area is 81.6 Å². The Morgan fingerprint density at radius 3 is 2.64 bits per heavy atom. The molecule has 3 nitrogen and oxygen atoms in total. The normalized spacial score (nSPS) is 9.71. The molecule has 0 fully saturated rings. The van der Waals surface area contributed by atoms with Gasteiger partial charge in [-0.1, -0.05) is 24.3 Å². The van der Waals surface area contributed by atoms with Gasteiger partial charge in [0, 0.05) is 0 Å². The monoisotopic (exact) mass is 185 g/mol. The molecular weight excluding hydrogens is 176 g/mol. The lowest BCUT2D eigenvalue weighted by molar-refractivity contribution is 0.418. The summed E-state index contributed by atoms with van der Waals surface area (Å²) in [6.07, 6.45) is 0. The van der Waals surface area contributed by atoms with E-state index in [-0.39, 0.29) is 0 Å². The van der Waals surface area contributed by atoms with Crippen LogP contribution in [0.4, 0.5) is 5.69 Å². The first-order valence-electron chi connectivity index (χ1n) is 4.27. The topological polar surface area (TPSA) is 37.4 Å². The quantitative estimate of drug-likeness (QED) is 0.639. The highest BCUT2D eigenvalue weighted by molar-refractivity contribution is 5.97. The van der Waals surface area contributed by atoms with Crippen molar-refractivity contribution >= 4 is 16.5 Å². The van der Waals surface area contributed by atoms with Gasteiger partial charge < -0.3 is 4.74 Å². The van der Waals surface area contributed by atoms with E-state index in [1.54, 1.807) is 13.2 Å². The van der Waals surface area contributed by atoms with Gasteiger partial charge in [0.25, 0.3) is 0 Å². The second-order valence-corrected chi connectivity index (χ2v) is 2.94. The third-order valence-corrected chi connectivity index (χ3v) is 2.18. The Bertz CT molecular complexity index is 514. The zero-order valence-corrected chi connectivity index (χ0v) is 7.77. The Hall–Kier alpha value is -2.08. The molecule has 0 atom stereocenters. The molecule has 0 aliphatic heterocycles. The average Bonchev–Trinajstić information content (AvgIpc) is 2.27. The smallest absolute Gasteiger partial charge is 0.433 e. The van der Waals surface area contributed by atoms with Crippen LogP contribution < -0.4 is 4.74 Å². The molecule has 0 aromatic heterocycles. The molecule has 0 heterocycles. The summed E-state index contributed by atoms with van der Waals surface area (Å²) in [6, 6.07) is 11.4. The van der Waals surface area contributed by atoms with Crippen LogP contribution in [0, 0.1) is 5.39 Å². The van der Waals surface area contributed by atoms with E-state index in [9.17, 15) is 0 Å². The van der Waals surface area contributed by atoms with Crippen LogP contribution in [0.2, 0.25) is 0 Å². The van der Waals surface area contributed by atoms with Gasteiger partial charge in [0.1, 0.15) is 0 Å². The SMILES string of the molecule is COc1ccc2ccccc2c1[N+]#N. The molecular formula is C11H9N2O+. The highest BCUT2D eigenvalue weighted by Crippen LogP contribution is 2.35. The third kappa shape index (κ3) is 1.17. The van der Waals surface area contributed by atoms with Crippen molar-refractivity contribution in [3.05, 3.63) is 41.4 Å². The summed E-state index contributed by atoms with van der Waals surface area (Å²) in [6.45, 7) is 0. The van der Waals surface area contributed by atoms with Gasteiger partial charge in [-0.05, 0) is 17.5 Å². The van der Waals surface area contributed by atoms with Crippen molar-refractivity contribution in [3.63, 3.8) is 0 Å². The molecule has 0 saturated heterocycles. The summed E-state index contributed by atoms with van der Waals surface area (Å²) in [4.78, 5) is 3.24. The van der Waals surface area contributed by atoms with Crippen molar-refractivity contribution in [3.8, 4) is 5.75 Å². The molecule has 0 bridgehead atoms. The molecule has 14 heavy (non-hydrogen) atoms. The molecule has 0 saturated carbocycles. The summed E-state index contributed by atoms with van der Waals surface area (Å²) in [5.74, 6) is 0.575. The molecule has 0 aliphatic rings. The van der Waals surface area contributed by atoms with Gasteiger partial charge in [0.2, 0.25) is 11.1 Å². The van der Waals surface area contributed by atoms with E-state index in [4.69, 9.17) is 10.1 Å². The fourth-order valence-corrected chi connectivity index (χ4v) is 1.50. The number of methoxy groups -OCH3 is 1. The Morgan fingerprint density at radius 2 is 1.93 bits per heavy atom. The molecule has 0 amide bonds. The molecule has 2 aromatic carbocycles. The lowest BCUT2D eigenvalue weighted by Gasteiger charge is -1.98. The van der Waals surface area contributed by atoms with Gasteiger partial charge in [0.05, 0.1) is 12.5 Å². The number of hydrogen-bond acceptors (Lipinski definition) is 2. The van der Waals surface area contributed by atoms with Gasteiger partial charge in [-0.15, -0.1) is 0 Å². The van der Waals surface area contributed by atoms with E-state index in [0.717, 1.165) is 10.8 Å². The predicted octanol–water partition coefficient (Wildman–Crippen LogP) is 3.33. The standard InChI is InChI=1S/C11H9N2O/c1-14-10-7-6-8-4-2-3-5-9(8)11(10)13-12/h2-7H,1H3/q+1. The molecule has 2 aromatic rings. The van der Waals surface area contributed by atoms with Gasteiger partial charge in [-0.25, -0.2) is 0 Å². The van der Waals surface area contributed by atoms with Crippen molar-refractivity contribution in [2.75, 3.05) is 7.11 Å². The van der Waals surface area contributed by atoms with Crippen LogP contribution in [0.1, 0.15) is 0 Å². The van der Waals surface area contributed by atoms with Gasteiger partial charge in [-0.3, -0.25) is 0 Å². The van der Waals surface area contributed by atoms with Crippen LogP contribution in [0.25, 0.3) is 15.7 Å². The zero-order chi connectivity index (χ0) is 9.97. The van der Waals surface area contributed by atoms with Crippen molar-refractivity contribution in [2.24, 2.45) is 0 Å². The maximum absolute atomic E-state index is 8.89. The average molecular weight is 185 g/mol. The van der Waals surface area contributed by atoms with Crippen LogP contribution >= 0.6 is 0 Å². The first kappa shape index (κ1) is 8.52. The van der Waals surface area contributed by atoms with Crippen molar-refractivity contribution in [1.29, 1.82) is 5.39 Å². The largest absolute Gasteiger partial charge is 0.489 e. The Kier molecular flexibility index (Phi) is 2.04. The third-order valence-electron chi connectivity index (χ3n) is 2.18. The van der Waals surface area contributed by atoms with E-state index < -0.39 is 0 Å². The molecule has 0 unspecified atom stereocenters. The number of fused-ring (bicyclic) bond motifs is 1. The zero-order valence-electron chi connectivity index (χ0n) is 7.77. The Morgan fingerprint density at radius 1 is 1.14 bits per heavy atom. The fourth-order valence-electron chi connectivity index (χ4n) is 1.50. The molecule has 0 N–H and O–H groups in total. The molecule has 2 rings (SSSR count). The van der Waals surface area contributed by atoms with E-state index in [2.05, 4.69) is 4.98 Å². The minimum absolute atomic E-state index is 0.477. The van der Waals surface area contributed by atoms with E-state index >= 15 is 0 Å². The minimum atomic E-state index is 0.477. The summed E-state index contributed by atoms with van der Waals surface area (Å²) < 4.78 is 5.09. The van der Waals surface area contributed by atoms with E-state index in [1.165, 1.54) is 0 Å². The lowest BCUT2D eigenvalue weighted by Crippen LogP contribution is -1.83. The van der Waals surface area contributed by atoms with Crippen LogP contribution in [0.5, 0.6) is 5.75 Å². The van der Waals surface area contributed by atoms with Gasteiger partial charge in [-0.2, -0.15) is 0 Å². The second kappa shape index (κ2) is 3.35. The van der Waals surface area contributed by atoms with Crippen LogP contribution in [-0.4, -0.2) is 7.11 Å². The Balaban J connectivity index is 2.85. The van der Waals surface area contributed by atoms with Gasteiger partial charge >= 0.3 is 5.69 Å². The first-order chi connectivity index (χ1) is 6.86. The van der Waals surface area contributed by atoms with E-state index in [1.807, 2.05) is 30.3 Å². The number of hydrogen-bond donors (Lipinski definition) is 0. The summed E-state index contributed by atoms with van der Waals surface area (Å²) >= 11 is 0. The van der Waals surface area contributed by atoms with Crippen molar-refractivity contribution in [1.82, 2.24) is 0 Å². The van der Waals surface area contributed by atoms with Crippen LogP contribution in [-0.2, 0) is 0 Å². The molecule has 0 spiro atoms. The van der Waals surface area contributed by atoms with Crippen molar-refractivity contribution < 1.29 is 4.74 Å². The summed E-state index contributed by atoms with van der Waals surface area (Å²) in [7, 11) is 1.55. The number of diazo groups is 1. The number of nitrogens with zero attached hydrogens (tertiary/aromatic N) is 2. The number of rotatable bonds is 1. The first-order valence-corrected chi connectivity index (χ1v) is 4.27. The van der Waals surface area contributed by atoms with E-state index in [0.29, 0.717) is 11.4 Å². The van der Waals surface area contributed by atoms with Gasteiger partial charge in [0.15, 0.2) is 4.98 Å². The number of benzene rings is 2. The maximum atomic E-state index is 8.89. The summed E-state index contributed by atoms with van der Waals surface area (Å²) in [5, 5.41) is 10.8. The lowest BCUT2D eigenvalue weighted by atomic mass is 10.1. The molecule has 0 radical (unpaired) electrons. The second-order valence-electron chi connectivity index (χ2n) is 2.94. The predicted molar refractivity (Wildman–Crippen MR) is 55.2 cm³/mol. The van der Waals surface area contributed by atoms with Crippen molar-refractivity contribution in [2.45, 2.75) is 0 Å². The number of ether oxygens (including phenoxy) is 1. The molecule has 0 aliphatic carbocycles. The minimum Gasteiger partial charge on any atom is -0.489 e. The highest BCUT2D eigenvalue weighted by Gasteiger charge is 2.18. The summed E-state index contributed by atoms with van der Waals surface area (Å²) in [5.41, 5.74) is 0.477. The maximum Gasteiger partial charge on any atom is 0.433 e.